The molecule has 2 saturated heterocycles. The van der Waals surface area contributed by atoms with Gasteiger partial charge in [-0.05, 0) is 46.5 Å². The molecule has 0 unspecified atom stereocenters. The van der Waals surface area contributed by atoms with Crippen molar-refractivity contribution < 1.29 is 13.2 Å². The molecule has 0 atom stereocenters. The fourth-order valence-corrected chi connectivity index (χ4v) is 6.95. The van der Waals surface area contributed by atoms with Crippen molar-refractivity contribution in [2.75, 3.05) is 31.9 Å². The van der Waals surface area contributed by atoms with Crippen LogP contribution in [0.15, 0.2) is 5.38 Å². The lowest BCUT2D eigenvalue weighted by atomic mass is 9.91. The number of fused-ring (bicyclic) bond motifs is 1. The normalized spacial score (nSPS) is 20.6. The van der Waals surface area contributed by atoms with Gasteiger partial charge in [0.1, 0.15) is 10.7 Å². The quantitative estimate of drug-likeness (QED) is 0.736. The number of nitrogens with zero attached hydrogens (tertiary/aromatic N) is 4. The summed E-state index contributed by atoms with van der Waals surface area (Å²) in [6.07, 6.45) is 3.15. The Hall–Kier alpha value is -1.45. The van der Waals surface area contributed by atoms with Crippen LogP contribution in [0, 0.1) is 19.8 Å². The van der Waals surface area contributed by atoms with Gasteiger partial charge in [-0.2, -0.15) is 0 Å². The second-order valence-corrected chi connectivity index (χ2v) is 11.4. The number of carbonyl (C=O) groups is 1. The van der Waals surface area contributed by atoms with Gasteiger partial charge in [-0.1, -0.05) is 0 Å². The summed E-state index contributed by atoms with van der Waals surface area (Å²) in [7, 11) is -3.15. The minimum Gasteiger partial charge on any atom is -0.342 e. The predicted molar refractivity (Wildman–Crippen MR) is 115 cm³/mol. The van der Waals surface area contributed by atoms with Crippen LogP contribution in [0.5, 0.6) is 0 Å². The van der Waals surface area contributed by atoms with E-state index in [9.17, 15) is 13.2 Å². The van der Waals surface area contributed by atoms with E-state index in [0.717, 1.165) is 31.8 Å². The maximum atomic E-state index is 13.0. The van der Waals surface area contributed by atoms with Gasteiger partial charge < -0.3 is 4.90 Å². The number of amides is 1. The van der Waals surface area contributed by atoms with Crippen LogP contribution < -0.4 is 0 Å². The lowest BCUT2D eigenvalue weighted by molar-refractivity contribution is -0.137. The number of rotatable bonds is 4. The molecule has 0 N–H and O–H groups in total. The molecule has 2 aliphatic heterocycles. The van der Waals surface area contributed by atoms with E-state index in [-0.39, 0.29) is 17.6 Å². The second-order valence-electron chi connectivity index (χ2n) is 8.24. The number of aryl methyl sites for hydroxylation is 2. The first kappa shape index (κ1) is 20.8. The van der Waals surface area contributed by atoms with Crippen molar-refractivity contribution in [3.63, 3.8) is 0 Å². The topological polar surface area (TPSA) is 75.0 Å². The van der Waals surface area contributed by atoms with Crippen molar-refractivity contribution in [1.82, 2.24) is 18.6 Å². The Labute approximate surface area is 176 Å². The van der Waals surface area contributed by atoms with Gasteiger partial charge in [0.2, 0.25) is 15.9 Å². The summed E-state index contributed by atoms with van der Waals surface area (Å²) in [6, 6.07) is 0. The van der Waals surface area contributed by atoms with Gasteiger partial charge in [-0.15, -0.1) is 11.3 Å². The lowest BCUT2D eigenvalue weighted by Crippen LogP contribution is -2.46. The smallest absolute Gasteiger partial charge is 0.225 e. The Kier molecular flexibility index (Phi) is 5.74. The molecular formula is C20H30N4O3S2. The van der Waals surface area contributed by atoms with Gasteiger partial charge in [0.15, 0.2) is 0 Å². The van der Waals surface area contributed by atoms with Crippen LogP contribution in [-0.4, -0.2) is 64.8 Å². The number of thiazole rings is 1. The third kappa shape index (κ3) is 3.84. The fourth-order valence-electron chi connectivity index (χ4n) is 4.72. The van der Waals surface area contributed by atoms with E-state index in [0.29, 0.717) is 31.8 Å². The summed E-state index contributed by atoms with van der Waals surface area (Å²) in [4.78, 5) is 21.1. The number of carbonyl (C=O) groups excluding carboxylic acids is 1. The van der Waals surface area contributed by atoms with Gasteiger partial charge >= 0.3 is 0 Å². The molecule has 4 heterocycles. The van der Waals surface area contributed by atoms with E-state index in [1.165, 1.54) is 16.2 Å². The summed E-state index contributed by atoms with van der Waals surface area (Å²) < 4.78 is 27.8. The molecule has 2 aromatic heterocycles. The van der Waals surface area contributed by atoms with Crippen molar-refractivity contribution in [1.29, 1.82) is 0 Å². The Bertz CT molecular complexity index is 995. The average Bonchev–Trinajstić information content (AvgIpc) is 3.28. The molecule has 0 aromatic carbocycles. The minimum atomic E-state index is -3.15. The summed E-state index contributed by atoms with van der Waals surface area (Å²) in [6.45, 7) is 8.29. The first-order valence-corrected chi connectivity index (χ1v) is 13.0. The van der Waals surface area contributed by atoms with E-state index in [1.807, 2.05) is 4.90 Å². The molecule has 2 aliphatic rings. The molecule has 0 radical (unpaired) electrons. The summed E-state index contributed by atoms with van der Waals surface area (Å²) in [5, 5.41) is 2.18. The molecule has 29 heavy (non-hydrogen) atoms. The predicted octanol–water partition coefficient (Wildman–Crippen LogP) is 2.78. The van der Waals surface area contributed by atoms with Crippen LogP contribution in [-0.2, 0) is 14.8 Å². The largest absolute Gasteiger partial charge is 0.342 e. The average molecular weight is 439 g/mol. The van der Waals surface area contributed by atoms with Crippen LogP contribution >= 0.6 is 11.3 Å². The highest BCUT2D eigenvalue weighted by Crippen LogP contribution is 2.34. The highest BCUT2D eigenvalue weighted by molar-refractivity contribution is 7.89. The standard InChI is InChI=1S/C20H30N4O3S2/c1-4-29(26,27)23-11-7-17(8-12-23)19(25)22-9-5-16(6-10-22)18-20-24(15(3)21-18)14(2)13-28-20/h13,16-17H,4-12H2,1-3H3. The molecule has 1 amide bonds. The van der Waals surface area contributed by atoms with E-state index < -0.39 is 10.0 Å². The fraction of sp³-hybridized carbons (Fsp3) is 0.700. The lowest BCUT2D eigenvalue weighted by Gasteiger charge is -2.36. The number of imidazole rings is 1. The van der Waals surface area contributed by atoms with Gasteiger partial charge in [0.25, 0.3) is 0 Å². The van der Waals surface area contributed by atoms with Crippen LogP contribution in [0.4, 0.5) is 0 Å². The monoisotopic (exact) mass is 438 g/mol. The summed E-state index contributed by atoms with van der Waals surface area (Å²) >= 11 is 1.75. The zero-order valence-corrected chi connectivity index (χ0v) is 19.1. The van der Waals surface area contributed by atoms with Crippen LogP contribution in [0.25, 0.3) is 4.83 Å². The molecule has 9 heteroatoms. The Morgan fingerprint density at radius 3 is 2.41 bits per heavy atom. The van der Waals surface area contributed by atoms with Crippen molar-refractivity contribution in [2.45, 2.75) is 52.4 Å². The van der Waals surface area contributed by atoms with Crippen molar-refractivity contribution >= 4 is 32.1 Å². The Morgan fingerprint density at radius 2 is 1.79 bits per heavy atom. The molecule has 2 fully saturated rings. The first-order valence-electron chi connectivity index (χ1n) is 10.5. The zero-order valence-electron chi connectivity index (χ0n) is 17.4. The number of sulfonamides is 1. The van der Waals surface area contributed by atoms with Crippen LogP contribution in [0.3, 0.4) is 0 Å². The number of piperidine rings is 2. The summed E-state index contributed by atoms with van der Waals surface area (Å²) in [5.41, 5.74) is 2.41. The molecule has 0 saturated carbocycles. The number of aromatic nitrogens is 2. The Morgan fingerprint density at radius 1 is 1.14 bits per heavy atom. The SMILES string of the molecule is CCS(=O)(=O)N1CCC(C(=O)N2CCC(c3nc(C)n4c(C)csc34)CC2)CC1. The maximum absolute atomic E-state index is 13.0. The molecule has 160 valence electrons. The van der Waals surface area contributed by atoms with Crippen LogP contribution in [0.2, 0.25) is 0 Å². The molecule has 0 bridgehead atoms. The number of likely N-dealkylation sites (tertiary alicyclic amines) is 1. The molecular weight excluding hydrogens is 408 g/mol. The van der Waals surface area contributed by atoms with Gasteiger partial charge in [-0.25, -0.2) is 17.7 Å². The van der Waals surface area contributed by atoms with E-state index in [1.54, 1.807) is 22.6 Å². The number of hydrogen-bond donors (Lipinski definition) is 0. The van der Waals surface area contributed by atoms with E-state index in [4.69, 9.17) is 4.98 Å². The van der Waals surface area contributed by atoms with Crippen LogP contribution in [0.1, 0.15) is 55.7 Å². The van der Waals surface area contributed by atoms with Gasteiger partial charge in [0, 0.05) is 49.1 Å². The van der Waals surface area contributed by atoms with Crippen molar-refractivity contribution in [3.05, 3.63) is 22.6 Å². The molecule has 7 nitrogen and oxygen atoms in total. The molecule has 0 spiro atoms. The zero-order chi connectivity index (χ0) is 20.8. The Balaban J connectivity index is 1.36. The third-order valence-electron chi connectivity index (χ3n) is 6.48. The van der Waals surface area contributed by atoms with Gasteiger partial charge in [-0.3, -0.25) is 9.20 Å². The van der Waals surface area contributed by atoms with E-state index >= 15 is 0 Å². The van der Waals surface area contributed by atoms with Gasteiger partial charge in [0.05, 0.1) is 11.4 Å². The summed E-state index contributed by atoms with van der Waals surface area (Å²) in [5.74, 6) is 1.73. The minimum absolute atomic E-state index is 0.0450. The number of hydrogen-bond acceptors (Lipinski definition) is 5. The third-order valence-corrected chi connectivity index (χ3v) is 9.43. The van der Waals surface area contributed by atoms with Crippen molar-refractivity contribution in [2.24, 2.45) is 5.92 Å². The molecule has 2 aromatic rings. The molecule has 4 rings (SSSR count). The second kappa shape index (κ2) is 8.00. The molecule has 0 aliphatic carbocycles. The first-order chi connectivity index (χ1) is 13.8. The highest BCUT2D eigenvalue weighted by Gasteiger charge is 2.34. The van der Waals surface area contributed by atoms with E-state index in [2.05, 4.69) is 23.6 Å². The van der Waals surface area contributed by atoms with Crippen molar-refractivity contribution in [3.8, 4) is 0 Å². The maximum Gasteiger partial charge on any atom is 0.225 e. The highest BCUT2D eigenvalue weighted by atomic mass is 32.2.